The number of piperidine rings is 1. The van der Waals surface area contributed by atoms with Gasteiger partial charge in [-0.15, -0.1) is 0 Å². The van der Waals surface area contributed by atoms with Gasteiger partial charge in [0.1, 0.15) is 5.82 Å². The molecule has 2 aromatic carbocycles. The van der Waals surface area contributed by atoms with E-state index in [1.165, 1.54) is 12.1 Å². The lowest BCUT2D eigenvalue weighted by Gasteiger charge is -2.49. The lowest BCUT2D eigenvalue weighted by Crippen LogP contribution is -2.62. The molecule has 3 heterocycles. The van der Waals surface area contributed by atoms with Gasteiger partial charge in [0, 0.05) is 57.1 Å². The second-order valence-electron chi connectivity index (χ2n) is 10.1. The van der Waals surface area contributed by atoms with Gasteiger partial charge < -0.3 is 14.5 Å². The molecule has 3 saturated heterocycles. The van der Waals surface area contributed by atoms with Gasteiger partial charge in [-0.1, -0.05) is 41.4 Å². The minimum Gasteiger partial charge on any atom is -0.379 e. The van der Waals surface area contributed by atoms with Crippen molar-refractivity contribution < 1.29 is 13.9 Å². The molecule has 8 heteroatoms. The van der Waals surface area contributed by atoms with Crippen molar-refractivity contribution in [2.24, 2.45) is 0 Å². The second kappa shape index (κ2) is 10.7. The van der Waals surface area contributed by atoms with E-state index in [9.17, 15) is 9.18 Å². The van der Waals surface area contributed by atoms with Gasteiger partial charge in [-0.2, -0.15) is 0 Å². The Morgan fingerprint density at radius 1 is 1.03 bits per heavy atom. The normalized spacial score (nSPS) is 24.5. The van der Waals surface area contributed by atoms with Crippen LogP contribution in [0.5, 0.6) is 0 Å². The van der Waals surface area contributed by atoms with Gasteiger partial charge in [-0.05, 0) is 54.8 Å². The third-order valence-electron chi connectivity index (χ3n) is 7.89. The van der Waals surface area contributed by atoms with Gasteiger partial charge in [0.15, 0.2) is 0 Å². The van der Waals surface area contributed by atoms with Crippen molar-refractivity contribution in [3.05, 3.63) is 69.5 Å². The van der Waals surface area contributed by atoms with Crippen LogP contribution in [0.4, 0.5) is 4.39 Å². The van der Waals surface area contributed by atoms with Crippen LogP contribution < -0.4 is 0 Å². The molecule has 35 heavy (non-hydrogen) atoms. The lowest BCUT2D eigenvalue weighted by atomic mass is 9.71. The van der Waals surface area contributed by atoms with Crippen LogP contribution in [0.3, 0.4) is 0 Å². The van der Waals surface area contributed by atoms with E-state index in [2.05, 4.69) is 15.9 Å². The fourth-order valence-electron chi connectivity index (χ4n) is 5.67. The third kappa shape index (κ3) is 5.67. The number of benzene rings is 2. The highest BCUT2D eigenvalue weighted by atomic mass is 35.5. The molecule has 0 spiro atoms. The van der Waals surface area contributed by atoms with Gasteiger partial charge in [0.05, 0.1) is 23.3 Å². The number of carbonyl (C=O) groups is 1. The predicted octanol–water partition coefficient (Wildman–Crippen LogP) is 4.60. The van der Waals surface area contributed by atoms with Crippen LogP contribution in [0.1, 0.15) is 30.4 Å². The molecule has 2 aromatic rings. The summed E-state index contributed by atoms with van der Waals surface area (Å²) in [6.07, 6.45) is 2.20. The Morgan fingerprint density at radius 2 is 1.77 bits per heavy atom. The fraction of sp³-hybridized carbons (Fsp3) is 0.519. The number of likely N-dealkylation sites (tertiary alicyclic amines) is 2. The Bertz CT molecular complexity index is 1040. The van der Waals surface area contributed by atoms with E-state index >= 15 is 0 Å². The van der Waals surface area contributed by atoms with Crippen molar-refractivity contribution in [1.82, 2.24) is 14.7 Å². The summed E-state index contributed by atoms with van der Waals surface area (Å²) in [5, 5.41) is 1.08. The summed E-state index contributed by atoms with van der Waals surface area (Å²) >= 11 is 12.7. The smallest absolute Gasteiger partial charge is 0.222 e. The van der Waals surface area contributed by atoms with E-state index in [-0.39, 0.29) is 17.1 Å². The van der Waals surface area contributed by atoms with Crippen LogP contribution in [-0.4, -0.2) is 79.1 Å². The van der Waals surface area contributed by atoms with Crippen molar-refractivity contribution in [2.75, 3.05) is 52.5 Å². The van der Waals surface area contributed by atoms with Gasteiger partial charge in [0.2, 0.25) is 5.91 Å². The SMILES string of the molecule is O=C1CCC(CCN2CC(N3CCOCC3)C2)(c2ccc(Cl)c(Cl)c2)CN1Cc1ccc(F)cc1. The molecule has 0 bridgehead atoms. The minimum atomic E-state index is -0.270. The molecule has 3 aliphatic rings. The average molecular weight is 520 g/mol. The molecule has 1 amide bonds. The second-order valence-corrected chi connectivity index (χ2v) is 10.9. The largest absolute Gasteiger partial charge is 0.379 e. The molecule has 0 saturated carbocycles. The first kappa shape index (κ1) is 25.0. The van der Waals surface area contributed by atoms with Crippen LogP contribution in [0.15, 0.2) is 42.5 Å². The van der Waals surface area contributed by atoms with E-state index < -0.39 is 0 Å². The molecular formula is C27H32Cl2FN3O2. The molecule has 188 valence electrons. The first-order valence-corrected chi connectivity index (χ1v) is 13.2. The quantitative estimate of drug-likeness (QED) is 0.535. The first-order chi connectivity index (χ1) is 16.9. The van der Waals surface area contributed by atoms with Crippen molar-refractivity contribution >= 4 is 29.1 Å². The molecule has 5 rings (SSSR count). The number of rotatable bonds is 7. The van der Waals surface area contributed by atoms with Crippen molar-refractivity contribution in [2.45, 2.75) is 37.3 Å². The Balaban J connectivity index is 1.31. The number of hydrogen-bond donors (Lipinski definition) is 0. The molecule has 0 aromatic heterocycles. The summed E-state index contributed by atoms with van der Waals surface area (Å²) in [5.41, 5.74) is 1.86. The maximum Gasteiger partial charge on any atom is 0.222 e. The summed E-state index contributed by atoms with van der Waals surface area (Å²) in [6.45, 7) is 7.92. The van der Waals surface area contributed by atoms with E-state index in [0.717, 1.165) is 69.9 Å². The van der Waals surface area contributed by atoms with Crippen LogP contribution in [0.2, 0.25) is 10.0 Å². The number of ether oxygens (including phenoxy) is 1. The fourth-order valence-corrected chi connectivity index (χ4v) is 5.97. The maximum absolute atomic E-state index is 13.4. The predicted molar refractivity (Wildman–Crippen MR) is 136 cm³/mol. The highest BCUT2D eigenvalue weighted by molar-refractivity contribution is 6.42. The van der Waals surface area contributed by atoms with Gasteiger partial charge in [-0.25, -0.2) is 4.39 Å². The number of halogens is 3. The zero-order valence-corrected chi connectivity index (χ0v) is 21.4. The highest BCUT2D eigenvalue weighted by Crippen LogP contribution is 2.41. The molecule has 1 atom stereocenters. The van der Waals surface area contributed by atoms with Crippen LogP contribution in [0.25, 0.3) is 0 Å². The van der Waals surface area contributed by atoms with Gasteiger partial charge >= 0.3 is 0 Å². The van der Waals surface area contributed by atoms with E-state index in [1.807, 2.05) is 17.0 Å². The summed E-state index contributed by atoms with van der Waals surface area (Å²) in [7, 11) is 0. The highest BCUT2D eigenvalue weighted by Gasteiger charge is 2.42. The number of nitrogens with zero attached hydrogens (tertiary/aromatic N) is 3. The van der Waals surface area contributed by atoms with Crippen LogP contribution >= 0.6 is 23.2 Å². The van der Waals surface area contributed by atoms with Gasteiger partial charge in [0.25, 0.3) is 0 Å². The standard InChI is InChI=1S/C27H32Cl2FN3O2/c28-24-6-3-21(15-25(24)29)27(9-10-31-17-23(18-31)32-11-13-35-14-12-32)8-7-26(34)33(19-27)16-20-1-4-22(30)5-2-20/h1-6,15,23H,7-14,16-19H2. The minimum absolute atomic E-state index is 0.140. The van der Waals surface area contributed by atoms with Crippen LogP contribution in [0, 0.1) is 5.82 Å². The molecule has 1 unspecified atom stereocenters. The zero-order chi connectivity index (χ0) is 24.4. The molecule has 5 nitrogen and oxygen atoms in total. The molecule has 0 aliphatic carbocycles. The topological polar surface area (TPSA) is 36.0 Å². The number of amides is 1. The van der Waals surface area contributed by atoms with E-state index in [0.29, 0.717) is 35.6 Å². The summed E-state index contributed by atoms with van der Waals surface area (Å²) in [5.74, 6) is -0.129. The molecule has 3 aliphatic heterocycles. The first-order valence-electron chi connectivity index (χ1n) is 12.4. The van der Waals surface area contributed by atoms with Crippen molar-refractivity contribution in [3.8, 4) is 0 Å². The summed E-state index contributed by atoms with van der Waals surface area (Å²) < 4.78 is 18.9. The number of morpholine rings is 1. The Labute approximate surface area is 216 Å². The number of hydrogen-bond acceptors (Lipinski definition) is 4. The monoisotopic (exact) mass is 519 g/mol. The van der Waals surface area contributed by atoms with Crippen LogP contribution in [-0.2, 0) is 21.5 Å². The van der Waals surface area contributed by atoms with Crippen molar-refractivity contribution in [3.63, 3.8) is 0 Å². The summed E-state index contributed by atoms with van der Waals surface area (Å²) in [4.78, 5) is 19.9. The number of carbonyl (C=O) groups excluding carboxylic acids is 1. The average Bonchev–Trinajstić information content (AvgIpc) is 2.84. The summed E-state index contributed by atoms with van der Waals surface area (Å²) in [6, 6.07) is 12.9. The Kier molecular flexibility index (Phi) is 7.66. The van der Waals surface area contributed by atoms with E-state index in [1.54, 1.807) is 12.1 Å². The zero-order valence-electron chi connectivity index (χ0n) is 19.9. The molecule has 0 N–H and O–H groups in total. The maximum atomic E-state index is 13.4. The Hall–Kier alpha value is -1.70. The molecule has 3 fully saturated rings. The molecular weight excluding hydrogens is 488 g/mol. The van der Waals surface area contributed by atoms with Crippen molar-refractivity contribution in [1.29, 1.82) is 0 Å². The molecule has 0 radical (unpaired) electrons. The van der Waals surface area contributed by atoms with E-state index in [4.69, 9.17) is 27.9 Å². The Morgan fingerprint density at radius 3 is 2.49 bits per heavy atom. The third-order valence-corrected chi connectivity index (χ3v) is 8.63. The lowest BCUT2D eigenvalue weighted by molar-refractivity contribution is -0.136. The van der Waals surface area contributed by atoms with Gasteiger partial charge in [-0.3, -0.25) is 9.69 Å².